The van der Waals surface area contributed by atoms with Gasteiger partial charge < -0.3 is 5.32 Å². The van der Waals surface area contributed by atoms with Crippen LogP contribution in [-0.4, -0.2) is 4.98 Å². The van der Waals surface area contributed by atoms with Gasteiger partial charge in [-0.3, -0.25) is 0 Å². The van der Waals surface area contributed by atoms with Gasteiger partial charge in [0.15, 0.2) is 0 Å². The predicted molar refractivity (Wildman–Crippen MR) is 63.5 cm³/mol. The van der Waals surface area contributed by atoms with Crippen LogP contribution in [0.3, 0.4) is 0 Å². The maximum Gasteiger partial charge on any atom is 0.144 e. The van der Waals surface area contributed by atoms with Crippen LogP contribution in [0.2, 0.25) is 0 Å². The Balaban J connectivity index is 2.10. The first kappa shape index (κ1) is 8.80. The van der Waals surface area contributed by atoms with Crippen molar-refractivity contribution in [2.75, 3.05) is 5.32 Å². The quantitative estimate of drug-likeness (QED) is 0.727. The summed E-state index contributed by atoms with van der Waals surface area (Å²) in [4.78, 5) is 5.56. The highest BCUT2D eigenvalue weighted by molar-refractivity contribution is 7.98. The molecule has 1 aromatic carbocycles. The van der Waals surface area contributed by atoms with E-state index in [1.165, 1.54) is 16.1 Å². The summed E-state index contributed by atoms with van der Waals surface area (Å²) in [6.45, 7) is 0. The Morgan fingerprint density at radius 2 is 2.07 bits per heavy atom. The molecule has 0 spiro atoms. The summed E-state index contributed by atoms with van der Waals surface area (Å²) in [7, 11) is 0. The van der Waals surface area contributed by atoms with Crippen LogP contribution in [-0.2, 0) is 5.75 Å². The van der Waals surface area contributed by atoms with Crippen LogP contribution in [0.5, 0.6) is 0 Å². The van der Waals surface area contributed by atoms with Crippen LogP contribution in [0.1, 0.15) is 5.56 Å². The van der Waals surface area contributed by atoms with Crippen molar-refractivity contribution >= 4 is 23.3 Å². The van der Waals surface area contributed by atoms with Crippen molar-refractivity contribution in [2.24, 2.45) is 0 Å². The lowest BCUT2D eigenvalue weighted by molar-refractivity contribution is 1.23. The number of anilines is 2. The first-order valence-corrected chi connectivity index (χ1v) is 5.85. The number of hydrogen-bond donors (Lipinski definition) is 1. The van der Waals surface area contributed by atoms with E-state index in [0.717, 1.165) is 11.6 Å². The van der Waals surface area contributed by atoms with Gasteiger partial charge in [-0.05, 0) is 23.8 Å². The number of aromatic nitrogens is 1. The largest absolute Gasteiger partial charge is 0.339 e. The number of thioether (sulfide) groups is 1. The lowest BCUT2D eigenvalue weighted by atomic mass is 10.2. The first-order valence-electron chi connectivity index (χ1n) is 4.86. The second-order valence-corrected chi connectivity index (χ2v) is 4.44. The molecule has 1 aliphatic heterocycles. The maximum absolute atomic E-state index is 4.35. The Morgan fingerprint density at radius 3 is 3.07 bits per heavy atom. The second-order valence-electron chi connectivity index (χ2n) is 3.42. The molecule has 0 atom stereocenters. The SMILES string of the molecule is c1ccc2c(c1)CSc1cccnc1N2. The molecule has 0 bridgehead atoms. The molecule has 0 amide bonds. The van der Waals surface area contributed by atoms with Gasteiger partial charge in [0.1, 0.15) is 5.82 Å². The van der Waals surface area contributed by atoms with Crippen molar-refractivity contribution in [3.8, 4) is 0 Å². The van der Waals surface area contributed by atoms with E-state index in [2.05, 4.69) is 34.6 Å². The molecule has 1 N–H and O–H groups in total. The molecule has 74 valence electrons. The highest BCUT2D eigenvalue weighted by Crippen LogP contribution is 2.36. The van der Waals surface area contributed by atoms with E-state index in [-0.39, 0.29) is 0 Å². The van der Waals surface area contributed by atoms with Gasteiger partial charge in [-0.15, -0.1) is 11.8 Å². The summed E-state index contributed by atoms with van der Waals surface area (Å²) < 4.78 is 0. The van der Waals surface area contributed by atoms with E-state index in [0.29, 0.717) is 0 Å². The minimum atomic E-state index is 0.965. The third kappa shape index (κ3) is 1.59. The molecule has 2 aromatic rings. The molecule has 2 heterocycles. The zero-order valence-corrected chi connectivity index (χ0v) is 8.92. The monoisotopic (exact) mass is 214 g/mol. The fourth-order valence-electron chi connectivity index (χ4n) is 1.65. The summed E-state index contributed by atoms with van der Waals surface area (Å²) in [5.74, 6) is 1.97. The summed E-state index contributed by atoms with van der Waals surface area (Å²) >= 11 is 1.83. The molecule has 3 rings (SSSR count). The highest BCUT2D eigenvalue weighted by Gasteiger charge is 2.12. The van der Waals surface area contributed by atoms with Crippen molar-refractivity contribution in [3.05, 3.63) is 48.2 Å². The average Bonchev–Trinajstić information content (AvgIpc) is 2.48. The van der Waals surface area contributed by atoms with Gasteiger partial charge >= 0.3 is 0 Å². The van der Waals surface area contributed by atoms with Crippen LogP contribution < -0.4 is 5.32 Å². The third-order valence-corrected chi connectivity index (χ3v) is 3.52. The Bertz CT molecular complexity index is 451. The molecule has 0 saturated carbocycles. The summed E-state index contributed by atoms with van der Waals surface area (Å²) in [6.07, 6.45) is 1.82. The van der Waals surface area contributed by atoms with Crippen LogP contribution >= 0.6 is 11.8 Å². The van der Waals surface area contributed by atoms with Gasteiger partial charge in [0.25, 0.3) is 0 Å². The minimum absolute atomic E-state index is 0.965. The maximum atomic E-state index is 4.35. The number of benzene rings is 1. The van der Waals surface area contributed by atoms with Gasteiger partial charge in [0, 0.05) is 17.6 Å². The van der Waals surface area contributed by atoms with Gasteiger partial charge in [0.2, 0.25) is 0 Å². The number of pyridine rings is 1. The normalized spacial score (nSPS) is 13.3. The van der Waals surface area contributed by atoms with Crippen LogP contribution in [0.15, 0.2) is 47.5 Å². The molecule has 2 nitrogen and oxygen atoms in total. The predicted octanol–water partition coefficient (Wildman–Crippen LogP) is 3.43. The second kappa shape index (κ2) is 3.59. The van der Waals surface area contributed by atoms with Crippen molar-refractivity contribution in [1.29, 1.82) is 0 Å². The van der Waals surface area contributed by atoms with E-state index in [4.69, 9.17) is 0 Å². The smallest absolute Gasteiger partial charge is 0.144 e. The van der Waals surface area contributed by atoms with Gasteiger partial charge in [-0.25, -0.2) is 4.98 Å². The molecular weight excluding hydrogens is 204 g/mol. The standard InChI is InChI=1S/C12H10N2S/c1-2-5-10-9(4-1)8-15-11-6-3-7-13-12(11)14-10/h1-7H,8H2,(H,13,14). The zero-order valence-electron chi connectivity index (χ0n) is 8.10. The number of para-hydroxylation sites is 1. The summed E-state index contributed by atoms with van der Waals surface area (Å²) in [6, 6.07) is 12.4. The van der Waals surface area contributed by atoms with Gasteiger partial charge in [0.05, 0.1) is 4.90 Å². The topological polar surface area (TPSA) is 24.9 Å². The molecule has 0 saturated heterocycles. The van der Waals surface area contributed by atoms with Crippen molar-refractivity contribution in [2.45, 2.75) is 10.6 Å². The molecular formula is C12H10N2S. The van der Waals surface area contributed by atoms with E-state index in [1.54, 1.807) is 0 Å². The number of hydrogen-bond acceptors (Lipinski definition) is 3. The van der Waals surface area contributed by atoms with Crippen LogP contribution in [0.4, 0.5) is 11.5 Å². The molecule has 1 aromatic heterocycles. The lowest BCUT2D eigenvalue weighted by Crippen LogP contribution is -1.94. The van der Waals surface area contributed by atoms with Crippen molar-refractivity contribution in [3.63, 3.8) is 0 Å². The molecule has 1 aliphatic rings. The number of fused-ring (bicyclic) bond motifs is 2. The third-order valence-electron chi connectivity index (χ3n) is 2.42. The lowest BCUT2D eigenvalue weighted by Gasteiger charge is -2.06. The summed E-state index contributed by atoms with van der Waals surface area (Å²) in [5.41, 5.74) is 2.50. The van der Waals surface area contributed by atoms with E-state index in [1.807, 2.05) is 30.1 Å². The number of rotatable bonds is 0. The van der Waals surface area contributed by atoms with Crippen LogP contribution in [0, 0.1) is 0 Å². The zero-order chi connectivity index (χ0) is 10.1. The van der Waals surface area contributed by atoms with Crippen molar-refractivity contribution in [1.82, 2.24) is 4.98 Å². The molecule has 0 fully saturated rings. The Morgan fingerprint density at radius 1 is 1.13 bits per heavy atom. The van der Waals surface area contributed by atoms with Gasteiger partial charge in [-0.2, -0.15) is 0 Å². The van der Waals surface area contributed by atoms with Crippen LogP contribution in [0.25, 0.3) is 0 Å². The Kier molecular flexibility index (Phi) is 2.10. The minimum Gasteiger partial charge on any atom is -0.339 e. The molecule has 0 radical (unpaired) electrons. The van der Waals surface area contributed by atoms with E-state index >= 15 is 0 Å². The number of nitrogens with one attached hydrogen (secondary N) is 1. The van der Waals surface area contributed by atoms with Gasteiger partial charge in [-0.1, -0.05) is 18.2 Å². The fraction of sp³-hybridized carbons (Fsp3) is 0.0833. The summed E-state index contributed by atoms with van der Waals surface area (Å²) in [5, 5.41) is 3.37. The average molecular weight is 214 g/mol. The fourth-order valence-corrected chi connectivity index (χ4v) is 2.63. The van der Waals surface area contributed by atoms with Crippen molar-refractivity contribution < 1.29 is 0 Å². The molecule has 15 heavy (non-hydrogen) atoms. The molecule has 3 heteroatoms. The number of nitrogens with zero attached hydrogens (tertiary/aromatic N) is 1. The highest BCUT2D eigenvalue weighted by atomic mass is 32.2. The molecule has 0 unspecified atom stereocenters. The Hall–Kier alpha value is -1.48. The molecule has 0 aliphatic carbocycles. The Labute approximate surface area is 92.7 Å². The first-order chi connectivity index (χ1) is 7.43. The van der Waals surface area contributed by atoms with E-state index < -0.39 is 0 Å². The van der Waals surface area contributed by atoms with E-state index in [9.17, 15) is 0 Å².